The van der Waals surface area contributed by atoms with Crippen molar-refractivity contribution in [2.75, 3.05) is 13.7 Å². The predicted molar refractivity (Wildman–Crippen MR) is 87.0 cm³/mol. The summed E-state index contributed by atoms with van der Waals surface area (Å²) in [5.74, 6) is -3.61. The van der Waals surface area contributed by atoms with Gasteiger partial charge in [-0.3, -0.25) is 14.4 Å². The van der Waals surface area contributed by atoms with Crippen molar-refractivity contribution in [1.82, 2.24) is 0 Å². The Kier molecular flexibility index (Phi) is 5.80. The topological polar surface area (TPSA) is 78.9 Å². The van der Waals surface area contributed by atoms with Gasteiger partial charge in [-0.2, -0.15) is 0 Å². The van der Waals surface area contributed by atoms with Crippen LogP contribution in [0.3, 0.4) is 0 Å². The molecule has 0 N–H and O–H groups in total. The molecule has 1 aromatic carbocycles. The minimum Gasteiger partial charge on any atom is -0.469 e. The van der Waals surface area contributed by atoms with E-state index in [2.05, 4.69) is 36.6 Å². The Hall–Kier alpha value is -1.41. The van der Waals surface area contributed by atoms with Crippen LogP contribution in [0.15, 0.2) is 21.1 Å². The smallest absolute Gasteiger partial charge is 0.326 e. The number of benzene rings is 1. The van der Waals surface area contributed by atoms with Crippen molar-refractivity contribution in [1.29, 1.82) is 0 Å². The molecule has 1 aliphatic rings. The SMILES string of the molecule is CCOC(=O)C1C(=O)Oc2c(Br)cc(Br)cc2C1CC(=O)OC. The van der Waals surface area contributed by atoms with Crippen LogP contribution in [0.4, 0.5) is 0 Å². The van der Waals surface area contributed by atoms with Gasteiger partial charge in [0.15, 0.2) is 5.92 Å². The molecule has 1 aromatic rings. The largest absolute Gasteiger partial charge is 0.469 e. The number of esters is 3. The molecule has 0 spiro atoms. The summed E-state index contributed by atoms with van der Waals surface area (Å²) in [6.07, 6.45) is -0.134. The Morgan fingerprint density at radius 3 is 2.61 bits per heavy atom. The highest BCUT2D eigenvalue weighted by Gasteiger charge is 2.45. The lowest BCUT2D eigenvalue weighted by Gasteiger charge is -2.30. The van der Waals surface area contributed by atoms with E-state index in [-0.39, 0.29) is 13.0 Å². The molecule has 8 heteroatoms. The second-order valence-corrected chi connectivity index (χ2v) is 6.61. The minimum absolute atomic E-state index is 0.128. The Bertz CT molecular complexity index is 658. The predicted octanol–water partition coefficient (Wildman–Crippen LogP) is 2.96. The standard InChI is InChI=1S/C15H14Br2O6/c1-3-22-14(19)12-8(6-11(18)21-2)9-4-7(16)5-10(17)13(9)23-15(12)20/h4-5,8,12H,3,6H2,1-2H3. The quantitative estimate of drug-likeness (QED) is 0.399. The van der Waals surface area contributed by atoms with Crippen LogP contribution in [0.2, 0.25) is 0 Å². The lowest BCUT2D eigenvalue weighted by atomic mass is 9.81. The van der Waals surface area contributed by atoms with Gasteiger partial charge in [0, 0.05) is 16.0 Å². The van der Waals surface area contributed by atoms with Crippen molar-refractivity contribution in [3.63, 3.8) is 0 Å². The molecule has 1 heterocycles. The molecule has 2 unspecified atom stereocenters. The maximum atomic E-state index is 12.3. The molecule has 0 fully saturated rings. The van der Waals surface area contributed by atoms with Gasteiger partial charge in [0.05, 0.1) is 24.6 Å². The first-order valence-electron chi connectivity index (χ1n) is 6.83. The molecule has 0 amide bonds. The van der Waals surface area contributed by atoms with Crippen molar-refractivity contribution in [3.05, 3.63) is 26.6 Å². The number of fused-ring (bicyclic) bond motifs is 1. The fourth-order valence-corrected chi connectivity index (χ4v) is 3.79. The first-order chi connectivity index (χ1) is 10.9. The third kappa shape index (κ3) is 3.74. The highest BCUT2D eigenvalue weighted by molar-refractivity contribution is 9.11. The Morgan fingerprint density at radius 2 is 2.00 bits per heavy atom. The fourth-order valence-electron chi connectivity index (χ4n) is 2.45. The van der Waals surface area contributed by atoms with Crippen molar-refractivity contribution in [2.45, 2.75) is 19.3 Å². The normalized spacial score (nSPS) is 19.6. The highest BCUT2D eigenvalue weighted by Crippen LogP contribution is 2.45. The molecule has 0 aliphatic carbocycles. The van der Waals surface area contributed by atoms with E-state index in [0.717, 1.165) is 4.47 Å². The number of carbonyl (C=O) groups is 3. The number of hydrogen-bond donors (Lipinski definition) is 0. The lowest BCUT2D eigenvalue weighted by molar-refractivity contribution is -0.160. The molecule has 124 valence electrons. The summed E-state index contributed by atoms with van der Waals surface area (Å²) in [5.41, 5.74) is 0.564. The second kappa shape index (κ2) is 7.44. The minimum atomic E-state index is -1.21. The van der Waals surface area contributed by atoms with Crippen molar-refractivity contribution >= 4 is 49.8 Å². The van der Waals surface area contributed by atoms with Gasteiger partial charge in [-0.15, -0.1) is 0 Å². The Labute approximate surface area is 149 Å². The van der Waals surface area contributed by atoms with Crippen LogP contribution >= 0.6 is 31.9 Å². The third-order valence-corrected chi connectivity index (χ3v) is 4.50. The number of halogens is 2. The van der Waals surface area contributed by atoms with Crippen molar-refractivity contribution in [3.8, 4) is 5.75 Å². The molecule has 0 radical (unpaired) electrons. The number of rotatable bonds is 4. The van der Waals surface area contributed by atoms with Crippen LogP contribution in [0, 0.1) is 5.92 Å². The van der Waals surface area contributed by atoms with E-state index in [9.17, 15) is 14.4 Å². The average molecular weight is 450 g/mol. The van der Waals surface area contributed by atoms with E-state index in [0.29, 0.717) is 15.8 Å². The summed E-state index contributed by atoms with van der Waals surface area (Å²) in [6.45, 7) is 1.77. The molecule has 2 rings (SSSR count). The molecule has 23 heavy (non-hydrogen) atoms. The average Bonchev–Trinajstić information content (AvgIpc) is 2.48. The molecule has 1 aliphatic heterocycles. The van der Waals surface area contributed by atoms with Crippen LogP contribution in [0.1, 0.15) is 24.8 Å². The summed E-state index contributed by atoms with van der Waals surface area (Å²) in [7, 11) is 1.25. The van der Waals surface area contributed by atoms with Crippen LogP contribution < -0.4 is 4.74 Å². The van der Waals surface area contributed by atoms with E-state index in [4.69, 9.17) is 9.47 Å². The van der Waals surface area contributed by atoms with E-state index in [1.807, 2.05) is 0 Å². The van der Waals surface area contributed by atoms with Gasteiger partial charge >= 0.3 is 17.9 Å². The van der Waals surface area contributed by atoms with E-state index < -0.39 is 29.7 Å². The first-order valence-corrected chi connectivity index (χ1v) is 8.41. The monoisotopic (exact) mass is 448 g/mol. The number of methoxy groups -OCH3 is 1. The maximum absolute atomic E-state index is 12.3. The van der Waals surface area contributed by atoms with Gasteiger partial charge in [-0.1, -0.05) is 15.9 Å². The second-order valence-electron chi connectivity index (χ2n) is 4.84. The number of hydrogen-bond acceptors (Lipinski definition) is 6. The summed E-state index contributed by atoms with van der Waals surface area (Å²) >= 11 is 6.67. The zero-order chi connectivity index (χ0) is 17.1. The molecular formula is C15H14Br2O6. The van der Waals surface area contributed by atoms with E-state index in [1.54, 1.807) is 19.1 Å². The summed E-state index contributed by atoms with van der Waals surface area (Å²) in [5, 5.41) is 0. The molecule has 2 atom stereocenters. The van der Waals surface area contributed by atoms with Crippen LogP contribution in [0.25, 0.3) is 0 Å². The molecule has 0 aromatic heterocycles. The molecular weight excluding hydrogens is 436 g/mol. The van der Waals surface area contributed by atoms with Gasteiger partial charge in [0.1, 0.15) is 5.75 Å². The highest BCUT2D eigenvalue weighted by atomic mass is 79.9. The maximum Gasteiger partial charge on any atom is 0.326 e. The van der Waals surface area contributed by atoms with Crippen LogP contribution in [0.5, 0.6) is 5.75 Å². The molecule has 0 saturated carbocycles. The zero-order valence-electron chi connectivity index (χ0n) is 12.4. The molecule has 6 nitrogen and oxygen atoms in total. The Morgan fingerprint density at radius 1 is 1.30 bits per heavy atom. The van der Waals surface area contributed by atoms with Gasteiger partial charge in [0.25, 0.3) is 0 Å². The van der Waals surface area contributed by atoms with Crippen LogP contribution in [-0.4, -0.2) is 31.6 Å². The number of carbonyl (C=O) groups excluding carboxylic acids is 3. The lowest BCUT2D eigenvalue weighted by Crippen LogP contribution is -2.39. The van der Waals surface area contributed by atoms with Gasteiger partial charge < -0.3 is 14.2 Å². The number of ether oxygens (including phenoxy) is 3. The van der Waals surface area contributed by atoms with Crippen molar-refractivity contribution < 1.29 is 28.6 Å². The van der Waals surface area contributed by atoms with Crippen LogP contribution in [-0.2, 0) is 23.9 Å². The zero-order valence-corrected chi connectivity index (χ0v) is 15.6. The van der Waals surface area contributed by atoms with E-state index in [1.165, 1.54) is 7.11 Å². The fraction of sp³-hybridized carbons (Fsp3) is 0.400. The van der Waals surface area contributed by atoms with E-state index >= 15 is 0 Å². The van der Waals surface area contributed by atoms with Crippen molar-refractivity contribution in [2.24, 2.45) is 5.92 Å². The summed E-state index contributed by atoms with van der Waals surface area (Å²) < 4.78 is 16.2. The molecule has 0 saturated heterocycles. The van der Waals surface area contributed by atoms with Gasteiger partial charge in [-0.05, 0) is 35.0 Å². The van der Waals surface area contributed by atoms with Gasteiger partial charge in [0.2, 0.25) is 0 Å². The first kappa shape index (κ1) is 17.9. The Balaban J connectivity index is 2.53. The summed E-state index contributed by atoms with van der Waals surface area (Å²) in [6, 6.07) is 3.43. The molecule has 0 bridgehead atoms. The summed E-state index contributed by atoms with van der Waals surface area (Å²) in [4.78, 5) is 36.2. The third-order valence-electron chi connectivity index (χ3n) is 3.45. The van der Waals surface area contributed by atoms with Gasteiger partial charge in [-0.25, -0.2) is 0 Å².